The Kier molecular flexibility index (Phi) is 4.65. The van der Waals surface area contributed by atoms with E-state index in [0.29, 0.717) is 5.02 Å². The van der Waals surface area contributed by atoms with E-state index in [4.69, 9.17) is 23.2 Å². The topological polar surface area (TPSA) is 46.0 Å². The Morgan fingerprint density at radius 3 is 2.23 bits per heavy atom. The second-order valence-electron chi connectivity index (χ2n) is 4.78. The first-order valence-electron chi connectivity index (χ1n) is 6.17. The van der Waals surface area contributed by atoms with Crippen LogP contribution in [0.2, 0.25) is 10.0 Å². The molecule has 0 aliphatic carbocycles. The molecule has 1 aromatic heterocycles. The molecular formula is C14H11Cl2F3N2O. The zero-order valence-electron chi connectivity index (χ0n) is 11.3. The lowest BCUT2D eigenvalue weighted by Gasteiger charge is -2.36. The number of hydrogen-bond acceptors (Lipinski definition) is 3. The standard InChI is InChI=1S/C14H11Cl2F3N2O/c1-8(11-3-2-10(15)4-12(11)16)13(22,14(17,18)19)9-5-20-7-21-6-9/h2-8,22H,1H3. The van der Waals surface area contributed by atoms with Gasteiger partial charge in [-0.3, -0.25) is 0 Å². The van der Waals surface area contributed by atoms with Gasteiger partial charge in [-0.2, -0.15) is 13.2 Å². The van der Waals surface area contributed by atoms with E-state index in [9.17, 15) is 18.3 Å². The summed E-state index contributed by atoms with van der Waals surface area (Å²) in [6.07, 6.45) is -2.00. The molecule has 3 nitrogen and oxygen atoms in total. The number of aliphatic hydroxyl groups is 1. The summed E-state index contributed by atoms with van der Waals surface area (Å²) in [6, 6.07) is 4.10. The molecule has 0 saturated carbocycles. The summed E-state index contributed by atoms with van der Waals surface area (Å²) in [5.41, 5.74) is -3.51. The summed E-state index contributed by atoms with van der Waals surface area (Å²) in [5.74, 6) is -1.39. The lowest BCUT2D eigenvalue weighted by Crippen LogP contribution is -2.46. The fourth-order valence-corrected chi connectivity index (χ4v) is 2.80. The summed E-state index contributed by atoms with van der Waals surface area (Å²) in [5, 5.41) is 10.8. The molecule has 2 aromatic rings. The van der Waals surface area contributed by atoms with E-state index in [1.807, 2.05) is 0 Å². The van der Waals surface area contributed by atoms with Crippen LogP contribution < -0.4 is 0 Å². The van der Waals surface area contributed by atoms with Gasteiger partial charge in [0, 0.05) is 33.9 Å². The number of nitrogens with zero attached hydrogens (tertiary/aromatic N) is 2. The highest BCUT2D eigenvalue weighted by Gasteiger charge is 2.59. The minimum Gasteiger partial charge on any atom is -0.376 e. The first kappa shape index (κ1) is 17.0. The first-order chi connectivity index (χ1) is 10.2. The van der Waals surface area contributed by atoms with Crippen molar-refractivity contribution in [1.29, 1.82) is 0 Å². The highest BCUT2D eigenvalue weighted by atomic mass is 35.5. The molecule has 0 saturated heterocycles. The highest BCUT2D eigenvalue weighted by molar-refractivity contribution is 6.35. The summed E-state index contributed by atoms with van der Waals surface area (Å²) in [7, 11) is 0. The monoisotopic (exact) mass is 350 g/mol. The van der Waals surface area contributed by atoms with E-state index < -0.39 is 23.3 Å². The van der Waals surface area contributed by atoms with Gasteiger partial charge in [0.05, 0.1) is 0 Å². The Labute approximate surface area is 134 Å². The van der Waals surface area contributed by atoms with Gasteiger partial charge >= 0.3 is 6.18 Å². The van der Waals surface area contributed by atoms with Crippen LogP contribution in [-0.2, 0) is 5.60 Å². The van der Waals surface area contributed by atoms with Crippen molar-refractivity contribution in [2.75, 3.05) is 0 Å². The van der Waals surface area contributed by atoms with Crippen LogP contribution in [0.25, 0.3) is 0 Å². The zero-order valence-corrected chi connectivity index (χ0v) is 12.8. The van der Waals surface area contributed by atoms with Crippen LogP contribution in [-0.4, -0.2) is 21.3 Å². The van der Waals surface area contributed by atoms with Gasteiger partial charge in [-0.05, 0) is 17.7 Å². The third-order valence-electron chi connectivity index (χ3n) is 3.49. The predicted octanol–water partition coefficient (Wildman–Crippen LogP) is 4.34. The maximum Gasteiger partial charge on any atom is 0.422 e. The van der Waals surface area contributed by atoms with Crippen molar-refractivity contribution in [2.45, 2.75) is 24.6 Å². The quantitative estimate of drug-likeness (QED) is 0.895. The summed E-state index contributed by atoms with van der Waals surface area (Å²) in [6.45, 7) is 1.23. The van der Waals surface area contributed by atoms with Gasteiger partial charge in [-0.15, -0.1) is 0 Å². The average molecular weight is 351 g/mol. The number of hydrogen-bond donors (Lipinski definition) is 1. The number of halogens is 5. The van der Waals surface area contributed by atoms with Gasteiger partial charge in [0.15, 0.2) is 5.60 Å². The molecule has 1 aromatic carbocycles. The molecule has 118 valence electrons. The molecule has 0 aliphatic rings. The normalized spacial score (nSPS) is 16.1. The second kappa shape index (κ2) is 6.02. The molecule has 0 spiro atoms. The smallest absolute Gasteiger partial charge is 0.376 e. The van der Waals surface area contributed by atoms with Gasteiger partial charge in [-0.25, -0.2) is 9.97 Å². The molecule has 0 aliphatic heterocycles. The third-order valence-corrected chi connectivity index (χ3v) is 4.05. The fourth-order valence-electron chi connectivity index (χ4n) is 2.23. The molecule has 0 radical (unpaired) electrons. The van der Waals surface area contributed by atoms with Crippen LogP contribution in [0.5, 0.6) is 0 Å². The predicted molar refractivity (Wildman–Crippen MR) is 76.9 cm³/mol. The van der Waals surface area contributed by atoms with Gasteiger partial charge < -0.3 is 5.11 Å². The minimum atomic E-state index is -4.94. The number of alkyl halides is 3. The molecule has 8 heteroatoms. The molecule has 1 heterocycles. The van der Waals surface area contributed by atoms with Crippen LogP contribution >= 0.6 is 23.2 Å². The molecule has 1 N–H and O–H groups in total. The van der Waals surface area contributed by atoms with E-state index in [0.717, 1.165) is 18.7 Å². The SMILES string of the molecule is CC(c1ccc(Cl)cc1Cl)C(O)(c1cncnc1)C(F)(F)F. The maximum absolute atomic E-state index is 13.6. The molecule has 2 unspecified atom stereocenters. The Balaban J connectivity index is 2.60. The van der Waals surface area contributed by atoms with Gasteiger partial charge in [0.25, 0.3) is 0 Å². The Morgan fingerprint density at radius 1 is 1.14 bits per heavy atom. The first-order valence-corrected chi connectivity index (χ1v) is 6.93. The number of rotatable bonds is 3. The lowest BCUT2D eigenvalue weighted by atomic mass is 9.79. The summed E-state index contributed by atoms with van der Waals surface area (Å²) >= 11 is 11.7. The zero-order chi connectivity index (χ0) is 16.5. The van der Waals surface area contributed by atoms with Crippen molar-refractivity contribution in [2.24, 2.45) is 0 Å². The van der Waals surface area contributed by atoms with E-state index >= 15 is 0 Å². The lowest BCUT2D eigenvalue weighted by molar-refractivity contribution is -0.274. The van der Waals surface area contributed by atoms with Crippen molar-refractivity contribution in [3.05, 3.63) is 58.1 Å². The van der Waals surface area contributed by atoms with Crippen molar-refractivity contribution >= 4 is 23.2 Å². The Hall–Kier alpha value is -1.37. The van der Waals surface area contributed by atoms with E-state index in [1.165, 1.54) is 25.1 Å². The highest BCUT2D eigenvalue weighted by Crippen LogP contribution is 2.49. The molecular weight excluding hydrogens is 340 g/mol. The van der Waals surface area contributed by atoms with Crippen molar-refractivity contribution in [3.8, 4) is 0 Å². The van der Waals surface area contributed by atoms with Gasteiger partial charge in [0.1, 0.15) is 6.33 Å². The molecule has 22 heavy (non-hydrogen) atoms. The fraction of sp³-hybridized carbons (Fsp3) is 0.286. The molecule has 0 bridgehead atoms. The van der Waals surface area contributed by atoms with E-state index in [1.54, 1.807) is 0 Å². The molecule has 0 amide bonds. The summed E-state index contributed by atoms with van der Waals surface area (Å²) < 4.78 is 40.7. The van der Waals surface area contributed by atoms with Crippen LogP contribution in [0.15, 0.2) is 36.9 Å². The molecule has 0 fully saturated rings. The average Bonchev–Trinajstić information content (AvgIpc) is 2.45. The maximum atomic E-state index is 13.6. The van der Waals surface area contributed by atoms with Gasteiger partial charge in [0.2, 0.25) is 0 Å². The molecule has 2 rings (SSSR count). The van der Waals surface area contributed by atoms with Crippen molar-refractivity contribution < 1.29 is 18.3 Å². The number of benzene rings is 1. The van der Waals surface area contributed by atoms with Crippen molar-refractivity contribution in [1.82, 2.24) is 9.97 Å². The summed E-state index contributed by atoms with van der Waals surface area (Å²) in [4.78, 5) is 7.10. The second-order valence-corrected chi connectivity index (χ2v) is 5.62. The third kappa shape index (κ3) is 2.91. The van der Waals surface area contributed by atoms with Crippen LogP contribution in [0.1, 0.15) is 24.0 Å². The van der Waals surface area contributed by atoms with Crippen molar-refractivity contribution in [3.63, 3.8) is 0 Å². The Morgan fingerprint density at radius 2 is 1.73 bits per heavy atom. The number of aromatic nitrogens is 2. The molecule has 2 atom stereocenters. The Bertz CT molecular complexity index is 667. The van der Waals surface area contributed by atoms with Crippen LogP contribution in [0.4, 0.5) is 13.2 Å². The van der Waals surface area contributed by atoms with Gasteiger partial charge in [-0.1, -0.05) is 36.2 Å². The van der Waals surface area contributed by atoms with E-state index in [-0.39, 0.29) is 10.6 Å². The van der Waals surface area contributed by atoms with Crippen LogP contribution in [0.3, 0.4) is 0 Å². The largest absolute Gasteiger partial charge is 0.422 e. The minimum absolute atomic E-state index is 0.0412. The van der Waals surface area contributed by atoms with E-state index in [2.05, 4.69) is 9.97 Å². The van der Waals surface area contributed by atoms with Crippen LogP contribution in [0, 0.1) is 0 Å².